The number of benzene rings is 2. The number of likely N-dealkylation sites (N-methyl/N-ethyl adjacent to an activating group) is 1. The zero-order valence-electron chi connectivity index (χ0n) is 19.9. The first-order valence-corrected chi connectivity index (χ1v) is 11.2. The molecule has 2 aromatic carbocycles. The summed E-state index contributed by atoms with van der Waals surface area (Å²) in [6.07, 6.45) is 6.62. The van der Waals surface area contributed by atoms with Crippen LogP contribution < -0.4 is 10.2 Å². The van der Waals surface area contributed by atoms with Crippen LogP contribution in [-0.4, -0.2) is 30.0 Å². The summed E-state index contributed by atoms with van der Waals surface area (Å²) >= 11 is 0. The molecule has 1 amide bonds. The minimum atomic E-state index is -0.347. The molecule has 0 aliphatic carbocycles. The minimum absolute atomic E-state index is 0.0661. The highest BCUT2D eigenvalue weighted by Crippen LogP contribution is 2.39. The fourth-order valence-corrected chi connectivity index (χ4v) is 4.52. The van der Waals surface area contributed by atoms with E-state index in [0.29, 0.717) is 13.0 Å². The number of anilines is 1. The number of carbonyl (C=O) groups excluding carboxylic acids is 1. The molecule has 0 radical (unpaired) electrons. The van der Waals surface area contributed by atoms with Gasteiger partial charge in [-0.3, -0.25) is 4.79 Å². The number of nitrogens with one attached hydrogen (secondary N) is 2. The minimum Gasteiger partial charge on any atom is -0.365 e. The second-order valence-corrected chi connectivity index (χ2v) is 9.30. The van der Waals surface area contributed by atoms with Gasteiger partial charge in [-0.25, -0.2) is 0 Å². The Kier molecular flexibility index (Phi) is 5.86. The monoisotopic (exact) mass is 438 g/mol. The summed E-state index contributed by atoms with van der Waals surface area (Å²) < 4.78 is 0. The average Bonchev–Trinajstić information content (AvgIpc) is 3.19. The summed E-state index contributed by atoms with van der Waals surface area (Å²) in [5.74, 6) is -0.347. The Labute approximate surface area is 195 Å². The quantitative estimate of drug-likeness (QED) is 0.415. The molecule has 5 nitrogen and oxygen atoms in total. The number of nitrogens with zero attached hydrogens (tertiary/aromatic N) is 2. The van der Waals surface area contributed by atoms with E-state index < -0.39 is 0 Å². The van der Waals surface area contributed by atoms with E-state index in [1.807, 2.05) is 31.3 Å². The van der Waals surface area contributed by atoms with Crippen LogP contribution >= 0.6 is 0 Å². The molecule has 0 bridgehead atoms. The first kappa shape index (κ1) is 22.4. The predicted molar refractivity (Wildman–Crippen MR) is 136 cm³/mol. The van der Waals surface area contributed by atoms with Gasteiger partial charge in [-0.05, 0) is 80.7 Å². The Morgan fingerprint density at radius 3 is 2.76 bits per heavy atom. The van der Waals surface area contributed by atoms with Gasteiger partial charge in [0.1, 0.15) is 11.6 Å². The third-order valence-electron chi connectivity index (χ3n) is 6.62. The first-order valence-electron chi connectivity index (χ1n) is 11.2. The number of para-hydroxylation sites is 1. The van der Waals surface area contributed by atoms with E-state index in [4.69, 9.17) is 0 Å². The van der Waals surface area contributed by atoms with Gasteiger partial charge in [0.05, 0.1) is 5.54 Å². The van der Waals surface area contributed by atoms with Crippen molar-refractivity contribution < 1.29 is 4.79 Å². The SMILES string of the molecule is CC1=CC(C)(C)N(C)c2cc(C)c(/C=C(/C#N)C(=O)NCCc3c[nH]c4ccccc34)cc21. The van der Waals surface area contributed by atoms with Gasteiger partial charge in [0.15, 0.2) is 0 Å². The fraction of sp³-hybridized carbons (Fsp3) is 0.286. The van der Waals surface area contributed by atoms with Crippen molar-refractivity contribution in [3.8, 4) is 6.07 Å². The molecule has 168 valence electrons. The standard InChI is InChI=1S/C28H30N4O/c1-18-12-26-24(19(2)15-28(3,4)32(26)5)14-21(18)13-22(16-29)27(33)30-11-10-20-17-31-25-9-7-6-8-23(20)25/h6-9,12-15,17,31H,10-11H2,1-5H3,(H,30,33)/b22-13-. The molecule has 1 aliphatic heterocycles. The maximum Gasteiger partial charge on any atom is 0.261 e. The lowest BCUT2D eigenvalue weighted by atomic mass is 9.87. The Morgan fingerprint density at radius 2 is 2.00 bits per heavy atom. The van der Waals surface area contributed by atoms with Crippen LogP contribution in [0.4, 0.5) is 5.69 Å². The number of rotatable bonds is 5. The molecule has 1 aromatic heterocycles. The number of fused-ring (bicyclic) bond motifs is 2. The van der Waals surface area contributed by atoms with Gasteiger partial charge in [-0.1, -0.05) is 24.3 Å². The van der Waals surface area contributed by atoms with E-state index in [1.165, 1.54) is 5.57 Å². The number of nitriles is 1. The Morgan fingerprint density at radius 1 is 1.24 bits per heavy atom. The highest BCUT2D eigenvalue weighted by molar-refractivity contribution is 6.02. The molecule has 0 spiro atoms. The second kappa shape index (κ2) is 8.63. The molecule has 0 unspecified atom stereocenters. The number of hydrogen-bond acceptors (Lipinski definition) is 3. The van der Waals surface area contributed by atoms with Crippen LogP contribution in [0.1, 0.15) is 43.0 Å². The highest BCUT2D eigenvalue weighted by Gasteiger charge is 2.28. The molecular weight excluding hydrogens is 408 g/mol. The lowest BCUT2D eigenvalue weighted by molar-refractivity contribution is -0.117. The van der Waals surface area contributed by atoms with E-state index >= 15 is 0 Å². The topological polar surface area (TPSA) is 71.9 Å². The molecule has 0 saturated heterocycles. The van der Waals surface area contributed by atoms with Crippen LogP contribution in [0.25, 0.3) is 22.6 Å². The molecule has 2 N–H and O–H groups in total. The molecule has 0 fully saturated rings. The van der Waals surface area contributed by atoms with Crippen LogP contribution in [0.5, 0.6) is 0 Å². The van der Waals surface area contributed by atoms with Crippen molar-refractivity contribution in [3.05, 3.63) is 76.5 Å². The molecule has 5 heteroatoms. The smallest absolute Gasteiger partial charge is 0.261 e. The second-order valence-electron chi connectivity index (χ2n) is 9.30. The molecular formula is C28H30N4O. The first-order chi connectivity index (χ1) is 15.7. The lowest BCUT2D eigenvalue weighted by Gasteiger charge is -2.41. The Hall–Kier alpha value is -3.78. The number of carbonyl (C=O) groups is 1. The van der Waals surface area contributed by atoms with Crippen LogP contribution in [0.3, 0.4) is 0 Å². The summed E-state index contributed by atoms with van der Waals surface area (Å²) in [7, 11) is 2.10. The van der Waals surface area contributed by atoms with Crippen LogP contribution in [0.2, 0.25) is 0 Å². The predicted octanol–water partition coefficient (Wildman–Crippen LogP) is 5.37. The zero-order valence-corrected chi connectivity index (χ0v) is 19.9. The number of H-pyrrole nitrogens is 1. The number of aromatic nitrogens is 1. The lowest BCUT2D eigenvalue weighted by Crippen LogP contribution is -2.42. The maximum atomic E-state index is 12.7. The zero-order chi connectivity index (χ0) is 23.8. The van der Waals surface area contributed by atoms with E-state index in [9.17, 15) is 10.1 Å². The molecule has 0 saturated carbocycles. The van der Waals surface area contributed by atoms with Crippen LogP contribution in [0, 0.1) is 18.3 Å². The number of amides is 1. The third-order valence-corrected chi connectivity index (χ3v) is 6.62. The number of aromatic amines is 1. The van der Waals surface area contributed by atoms with Crippen molar-refractivity contribution in [1.82, 2.24) is 10.3 Å². The normalized spacial score (nSPS) is 15.1. The van der Waals surface area contributed by atoms with Crippen molar-refractivity contribution in [2.45, 2.75) is 39.7 Å². The molecule has 4 rings (SSSR count). The molecule has 3 aromatic rings. The summed E-state index contributed by atoms with van der Waals surface area (Å²) in [5, 5.41) is 13.7. The number of hydrogen-bond donors (Lipinski definition) is 2. The largest absolute Gasteiger partial charge is 0.365 e. The van der Waals surface area contributed by atoms with E-state index in [1.54, 1.807) is 6.08 Å². The van der Waals surface area contributed by atoms with Crippen LogP contribution in [-0.2, 0) is 11.2 Å². The molecule has 0 atom stereocenters. The highest BCUT2D eigenvalue weighted by atomic mass is 16.1. The third kappa shape index (κ3) is 4.29. The summed E-state index contributed by atoms with van der Waals surface area (Å²) in [4.78, 5) is 18.3. The van der Waals surface area contributed by atoms with Gasteiger partial charge < -0.3 is 15.2 Å². The average molecular weight is 439 g/mol. The van der Waals surface area contributed by atoms with Gasteiger partial charge in [-0.2, -0.15) is 5.26 Å². The van der Waals surface area contributed by atoms with Crippen LogP contribution in [0.15, 0.2) is 54.2 Å². The fourth-order valence-electron chi connectivity index (χ4n) is 4.52. The van der Waals surface area contributed by atoms with Gasteiger partial charge in [0.2, 0.25) is 0 Å². The van der Waals surface area contributed by atoms with Gasteiger partial charge in [0, 0.05) is 41.9 Å². The van der Waals surface area contributed by atoms with E-state index in [0.717, 1.165) is 38.8 Å². The van der Waals surface area contributed by atoms with Gasteiger partial charge in [0.25, 0.3) is 5.91 Å². The maximum absolute atomic E-state index is 12.7. The summed E-state index contributed by atoms with van der Waals surface area (Å²) in [6, 6.07) is 14.4. The number of allylic oxidation sites excluding steroid dienone is 1. The van der Waals surface area contributed by atoms with E-state index in [-0.39, 0.29) is 17.0 Å². The van der Waals surface area contributed by atoms with Crippen molar-refractivity contribution in [2.24, 2.45) is 0 Å². The van der Waals surface area contributed by atoms with Gasteiger partial charge in [-0.15, -0.1) is 0 Å². The Balaban J connectivity index is 1.52. The molecule has 2 heterocycles. The summed E-state index contributed by atoms with van der Waals surface area (Å²) in [6.45, 7) is 8.97. The summed E-state index contributed by atoms with van der Waals surface area (Å²) in [5.41, 5.74) is 7.69. The van der Waals surface area contributed by atoms with E-state index in [2.05, 4.69) is 73.4 Å². The molecule has 1 aliphatic rings. The van der Waals surface area contributed by atoms with Crippen molar-refractivity contribution in [2.75, 3.05) is 18.5 Å². The van der Waals surface area contributed by atoms with Crippen molar-refractivity contribution >= 4 is 34.1 Å². The Bertz CT molecular complexity index is 1330. The van der Waals surface area contributed by atoms with Gasteiger partial charge >= 0.3 is 0 Å². The van der Waals surface area contributed by atoms with Crippen molar-refractivity contribution in [1.29, 1.82) is 5.26 Å². The van der Waals surface area contributed by atoms with Crippen molar-refractivity contribution in [3.63, 3.8) is 0 Å². The molecule has 33 heavy (non-hydrogen) atoms. The number of aryl methyl sites for hydroxylation is 1.